The summed E-state index contributed by atoms with van der Waals surface area (Å²) in [5.74, 6) is 0.731. The van der Waals surface area contributed by atoms with Crippen LogP contribution in [0.15, 0.2) is 42.5 Å². The Kier molecular flexibility index (Phi) is 5.56. The molecule has 0 aliphatic heterocycles. The topological polar surface area (TPSA) is 84.1 Å². The average Bonchev–Trinajstić information content (AvgIpc) is 2.58. The molecule has 0 unspecified atom stereocenters. The average molecular weight is 390 g/mol. The van der Waals surface area contributed by atoms with Crippen LogP contribution >= 0.6 is 23.2 Å². The van der Waals surface area contributed by atoms with Crippen molar-refractivity contribution in [3.63, 3.8) is 0 Å². The third-order valence-electron chi connectivity index (χ3n) is 3.73. The number of halogens is 2. The van der Waals surface area contributed by atoms with Gasteiger partial charge in [-0.1, -0.05) is 41.4 Å². The molecule has 134 valence electrons. The van der Waals surface area contributed by atoms with Crippen molar-refractivity contribution >= 4 is 51.5 Å². The number of nitrogens with zero attached hydrogens (tertiary/aromatic N) is 3. The molecule has 26 heavy (non-hydrogen) atoms. The lowest BCUT2D eigenvalue weighted by molar-refractivity contribution is -0.117. The van der Waals surface area contributed by atoms with Crippen LogP contribution in [-0.4, -0.2) is 34.4 Å². The Hall–Kier alpha value is -2.41. The van der Waals surface area contributed by atoms with Crippen molar-refractivity contribution in [1.82, 2.24) is 14.9 Å². The van der Waals surface area contributed by atoms with Crippen molar-refractivity contribution in [2.45, 2.75) is 6.54 Å². The van der Waals surface area contributed by atoms with E-state index in [0.29, 0.717) is 33.9 Å². The molecule has 0 fully saturated rings. The molecule has 1 amide bonds. The zero-order valence-corrected chi connectivity index (χ0v) is 15.6. The molecule has 8 heteroatoms. The summed E-state index contributed by atoms with van der Waals surface area (Å²) >= 11 is 12.1. The standard InChI is InChI=1S/C18H17Cl2N5O/c1-25(10-16(26)24-17-12(19)6-4-7-13(17)20)9-15-22-14-8-3-2-5-11(14)18(21)23-15/h2-8H,9-10H2,1H3,(H,24,26)(H2,21,22,23). The quantitative estimate of drug-likeness (QED) is 0.696. The third-order valence-corrected chi connectivity index (χ3v) is 4.36. The van der Waals surface area contributed by atoms with E-state index >= 15 is 0 Å². The number of anilines is 2. The number of nitrogens with one attached hydrogen (secondary N) is 1. The summed E-state index contributed by atoms with van der Waals surface area (Å²) in [6.07, 6.45) is 0. The molecule has 1 heterocycles. The molecule has 0 radical (unpaired) electrons. The number of rotatable bonds is 5. The van der Waals surface area contributed by atoms with Crippen molar-refractivity contribution in [2.24, 2.45) is 0 Å². The van der Waals surface area contributed by atoms with Gasteiger partial charge in [-0.3, -0.25) is 9.69 Å². The summed E-state index contributed by atoms with van der Waals surface area (Å²) in [6.45, 7) is 0.496. The Balaban J connectivity index is 1.67. The molecule has 0 atom stereocenters. The van der Waals surface area contributed by atoms with Crippen molar-refractivity contribution < 1.29 is 4.79 Å². The summed E-state index contributed by atoms with van der Waals surface area (Å²) in [4.78, 5) is 22.8. The Morgan fingerprint density at radius 2 is 1.81 bits per heavy atom. The predicted octanol–water partition coefficient (Wildman–Crippen LogP) is 3.59. The molecule has 6 nitrogen and oxygen atoms in total. The molecule has 2 aromatic carbocycles. The fraction of sp³-hybridized carbons (Fsp3) is 0.167. The first-order chi connectivity index (χ1) is 12.4. The largest absolute Gasteiger partial charge is 0.383 e. The summed E-state index contributed by atoms with van der Waals surface area (Å²) in [6, 6.07) is 12.6. The summed E-state index contributed by atoms with van der Waals surface area (Å²) in [5, 5.41) is 4.31. The van der Waals surface area contributed by atoms with Crippen LogP contribution in [0.25, 0.3) is 10.9 Å². The molecule has 3 rings (SSSR count). The first kappa shape index (κ1) is 18.4. The highest BCUT2D eigenvalue weighted by Gasteiger charge is 2.13. The van der Waals surface area contributed by atoms with E-state index in [1.165, 1.54) is 0 Å². The van der Waals surface area contributed by atoms with Crippen LogP contribution < -0.4 is 11.1 Å². The van der Waals surface area contributed by atoms with Gasteiger partial charge >= 0.3 is 0 Å². The Labute approximate surface area is 160 Å². The van der Waals surface area contributed by atoms with Crippen molar-refractivity contribution in [3.8, 4) is 0 Å². The molecule has 0 aliphatic rings. The molecular formula is C18H17Cl2N5O. The third kappa shape index (κ3) is 4.22. The van der Waals surface area contributed by atoms with Crippen LogP contribution in [0.2, 0.25) is 10.0 Å². The van der Waals surface area contributed by atoms with E-state index in [-0.39, 0.29) is 12.5 Å². The number of aromatic nitrogens is 2. The number of para-hydroxylation sites is 2. The number of hydrogen-bond donors (Lipinski definition) is 2. The summed E-state index contributed by atoms with van der Waals surface area (Å²) in [5.41, 5.74) is 7.17. The van der Waals surface area contributed by atoms with Gasteiger partial charge in [-0.15, -0.1) is 0 Å². The smallest absolute Gasteiger partial charge is 0.238 e. The van der Waals surface area contributed by atoms with Gasteiger partial charge in [0.2, 0.25) is 5.91 Å². The molecule has 3 aromatic rings. The van der Waals surface area contributed by atoms with E-state index in [4.69, 9.17) is 28.9 Å². The van der Waals surface area contributed by atoms with E-state index in [2.05, 4.69) is 15.3 Å². The normalized spacial score (nSPS) is 11.1. The minimum Gasteiger partial charge on any atom is -0.383 e. The maximum Gasteiger partial charge on any atom is 0.238 e. The van der Waals surface area contributed by atoms with Gasteiger partial charge in [-0.2, -0.15) is 0 Å². The molecule has 0 bridgehead atoms. The van der Waals surface area contributed by atoms with Crippen LogP contribution in [0.1, 0.15) is 5.82 Å². The van der Waals surface area contributed by atoms with E-state index in [1.54, 1.807) is 30.1 Å². The molecule has 0 saturated heterocycles. The van der Waals surface area contributed by atoms with Crippen LogP contribution in [0.3, 0.4) is 0 Å². The number of fused-ring (bicyclic) bond motifs is 1. The molecule has 0 aliphatic carbocycles. The van der Waals surface area contributed by atoms with Gasteiger partial charge in [-0.05, 0) is 31.3 Å². The van der Waals surface area contributed by atoms with Crippen LogP contribution in [0.4, 0.5) is 11.5 Å². The van der Waals surface area contributed by atoms with Gasteiger partial charge in [0.15, 0.2) is 0 Å². The molecule has 0 spiro atoms. The van der Waals surface area contributed by atoms with Crippen LogP contribution in [0.5, 0.6) is 0 Å². The van der Waals surface area contributed by atoms with Crippen LogP contribution in [-0.2, 0) is 11.3 Å². The first-order valence-electron chi connectivity index (χ1n) is 7.87. The van der Waals surface area contributed by atoms with Gasteiger partial charge in [0.05, 0.1) is 34.3 Å². The molecule has 1 aromatic heterocycles. The lowest BCUT2D eigenvalue weighted by atomic mass is 10.2. The SMILES string of the molecule is CN(CC(=O)Nc1c(Cl)cccc1Cl)Cc1nc(N)c2ccccc2n1. The number of amides is 1. The number of hydrogen-bond acceptors (Lipinski definition) is 5. The number of carbonyl (C=O) groups is 1. The number of benzene rings is 2. The minimum absolute atomic E-state index is 0.123. The maximum atomic E-state index is 12.3. The van der Waals surface area contributed by atoms with Gasteiger partial charge in [0.25, 0.3) is 0 Å². The highest BCUT2D eigenvalue weighted by molar-refractivity contribution is 6.39. The predicted molar refractivity (Wildman–Crippen MR) is 105 cm³/mol. The van der Waals surface area contributed by atoms with E-state index in [9.17, 15) is 4.79 Å². The maximum absolute atomic E-state index is 12.3. The van der Waals surface area contributed by atoms with Gasteiger partial charge in [-0.25, -0.2) is 9.97 Å². The van der Waals surface area contributed by atoms with Crippen molar-refractivity contribution in [3.05, 3.63) is 58.3 Å². The lowest BCUT2D eigenvalue weighted by Gasteiger charge is -2.16. The zero-order valence-electron chi connectivity index (χ0n) is 14.0. The number of nitrogen functional groups attached to an aromatic ring is 1. The Morgan fingerprint density at radius 1 is 1.12 bits per heavy atom. The molecular weight excluding hydrogens is 373 g/mol. The van der Waals surface area contributed by atoms with E-state index in [1.807, 2.05) is 24.3 Å². The van der Waals surface area contributed by atoms with Gasteiger partial charge in [0, 0.05) is 5.39 Å². The fourth-order valence-corrected chi connectivity index (χ4v) is 3.05. The van der Waals surface area contributed by atoms with E-state index in [0.717, 1.165) is 10.9 Å². The number of carbonyl (C=O) groups excluding carboxylic acids is 1. The Bertz CT molecular complexity index is 943. The lowest BCUT2D eigenvalue weighted by Crippen LogP contribution is -2.30. The van der Waals surface area contributed by atoms with Crippen molar-refractivity contribution in [2.75, 3.05) is 24.6 Å². The Morgan fingerprint density at radius 3 is 2.54 bits per heavy atom. The van der Waals surface area contributed by atoms with Crippen LogP contribution in [0, 0.1) is 0 Å². The second-order valence-electron chi connectivity index (χ2n) is 5.86. The highest BCUT2D eigenvalue weighted by atomic mass is 35.5. The zero-order chi connectivity index (χ0) is 18.7. The monoisotopic (exact) mass is 389 g/mol. The molecule has 3 N–H and O–H groups in total. The second kappa shape index (κ2) is 7.86. The number of likely N-dealkylation sites (N-methyl/N-ethyl adjacent to an activating group) is 1. The second-order valence-corrected chi connectivity index (χ2v) is 6.67. The number of nitrogens with two attached hydrogens (primary N) is 1. The van der Waals surface area contributed by atoms with Gasteiger partial charge in [0.1, 0.15) is 11.6 Å². The fourth-order valence-electron chi connectivity index (χ4n) is 2.56. The van der Waals surface area contributed by atoms with Crippen molar-refractivity contribution in [1.29, 1.82) is 0 Å². The van der Waals surface area contributed by atoms with E-state index < -0.39 is 0 Å². The minimum atomic E-state index is -0.240. The summed E-state index contributed by atoms with van der Waals surface area (Å²) in [7, 11) is 1.79. The highest BCUT2D eigenvalue weighted by Crippen LogP contribution is 2.29. The molecule has 0 saturated carbocycles. The first-order valence-corrected chi connectivity index (χ1v) is 8.63. The summed E-state index contributed by atoms with van der Waals surface area (Å²) < 4.78 is 0. The van der Waals surface area contributed by atoms with Gasteiger partial charge < -0.3 is 11.1 Å².